The first-order valence-corrected chi connectivity index (χ1v) is 13.0. The van der Waals surface area contributed by atoms with E-state index in [0.29, 0.717) is 12.8 Å². The van der Waals surface area contributed by atoms with Crippen LogP contribution in [0, 0.1) is 5.92 Å². The minimum atomic E-state index is -1.71. The van der Waals surface area contributed by atoms with Gasteiger partial charge >= 0.3 is 11.9 Å². The second-order valence-corrected chi connectivity index (χ2v) is 10.6. The second-order valence-electron chi connectivity index (χ2n) is 9.82. The maximum atomic E-state index is 13.2. The number of rotatable bonds is 15. The lowest BCUT2D eigenvalue weighted by Gasteiger charge is -2.29. The zero-order chi connectivity index (χ0) is 28.5. The van der Waals surface area contributed by atoms with Gasteiger partial charge in [0.15, 0.2) is 5.78 Å². The highest BCUT2D eigenvalue weighted by molar-refractivity contribution is 7.83. The van der Waals surface area contributed by atoms with Crippen LogP contribution in [0.15, 0.2) is 30.5 Å². The molecule has 2 unspecified atom stereocenters. The molecule has 0 saturated heterocycles. The molecular weight excluding hydrogens is 510 g/mol. The Kier molecular flexibility index (Phi) is 11.4. The average Bonchev–Trinajstić information content (AvgIpc) is 3.27. The van der Waals surface area contributed by atoms with Crippen molar-refractivity contribution in [3.63, 3.8) is 0 Å². The number of benzene rings is 1. The van der Waals surface area contributed by atoms with Gasteiger partial charge in [0.25, 0.3) is 0 Å². The molecule has 2 rings (SSSR count). The third-order valence-corrected chi connectivity index (χ3v) is 7.14. The van der Waals surface area contributed by atoms with Crippen LogP contribution in [-0.4, -0.2) is 63.6 Å². The number of aromatic amines is 1. The van der Waals surface area contributed by atoms with Crippen LogP contribution in [0.3, 0.4) is 0 Å². The number of ketones is 1. The highest BCUT2D eigenvalue weighted by Crippen LogP contribution is 2.25. The number of nitrogens with one attached hydrogen (secondary N) is 3. The lowest BCUT2D eigenvalue weighted by molar-refractivity contribution is -0.142. The molecule has 0 aliphatic rings. The van der Waals surface area contributed by atoms with Crippen molar-refractivity contribution < 1.29 is 33.8 Å². The summed E-state index contributed by atoms with van der Waals surface area (Å²) in [6, 6.07) is 5.13. The Labute approximate surface area is 227 Å². The average molecular weight is 548 g/mol. The Morgan fingerprint density at radius 3 is 2.37 bits per heavy atom. The summed E-state index contributed by atoms with van der Waals surface area (Å²) in [5.41, 5.74) is 1.58. The van der Waals surface area contributed by atoms with Crippen LogP contribution >= 0.6 is 12.6 Å². The van der Waals surface area contributed by atoms with Gasteiger partial charge in [-0.1, -0.05) is 38.5 Å². The van der Waals surface area contributed by atoms with Gasteiger partial charge in [0.2, 0.25) is 11.8 Å². The number of hydrogen-bond acceptors (Lipinski definition) is 7. The molecule has 0 fully saturated rings. The summed E-state index contributed by atoms with van der Waals surface area (Å²) < 4.78 is 2.90. The SMILES string of the molecule is COC(=O)CCCCC(S)(C(C)=O)C(=O)NC(CC(C)C)C(=O)N[C@@H](Cc1c[nH]c2ccccc12)C(=O)O. The lowest BCUT2D eigenvalue weighted by atomic mass is 9.93. The molecule has 11 heteroatoms. The fourth-order valence-corrected chi connectivity index (χ4v) is 4.40. The molecule has 3 atom stereocenters. The number of Topliss-reactive ketones (excluding diaryl/α,β-unsaturated/α-hetero) is 1. The van der Waals surface area contributed by atoms with Crippen molar-refractivity contribution >= 4 is 53.1 Å². The van der Waals surface area contributed by atoms with Crippen molar-refractivity contribution in [2.45, 2.75) is 76.1 Å². The van der Waals surface area contributed by atoms with Crippen LogP contribution in [0.1, 0.15) is 58.4 Å². The van der Waals surface area contributed by atoms with Crippen LogP contribution in [0.4, 0.5) is 0 Å². The predicted octanol–water partition coefficient (Wildman–Crippen LogP) is 2.80. The van der Waals surface area contributed by atoms with E-state index in [4.69, 9.17) is 0 Å². The topological polar surface area (TPSA) is 155 Å². The Morgan fingerprint density at radius 1 is 1.08 bits per heavy atom. The lowest BCUT2D eigenvalue weighted by Crippen LogP contribution is -2.57. The fraction of sp³-hybridized carbons (Fsp3) is 0.519. The third kappa shape index (κ3) is 8.34. The van der Waals surface area contributed by atoms with Crippen molar-refractivity contribution in [3.8, 4) is 0 Å². The van der Waals surface area contributed by atoms with Gasteiger partial charge in [-0.3, -0.25) is 19.2 Å². The van der Waals surface area contributed by atoms with E-state index in [2.05, 4.69) is 33.0 Å². The largest absolute Gasteiger partial charge is 0.480 e. The number of carbonyl (C=O) groups is 5. The van der Waals surface area contributed by atoms with E-state index in [-0.39, 0.29) is 31.6 Å². The number of carbonyl (C=O) groups excluding carboxylic acids is 4. The van der Waals surface area contributed by atoms with E-state index in [9.17, 15) is 29.1 Å². The zero-order valence-corrected chi connectivity index (χ0v) is 23.1. The minimum absolute atomic E-state index is 0.0188. The maximum Gasteiger partial charge on any atom is 0.326 e. The number of aliphatic carboxylic acids is 1. The molecule has 1 aromatic carbocycles. The van der Waals surface area contributed by atoms with Gasteiger partial charge in [-0.15, -0.1) is 0 Å². The number of carboxylic acids is 1. The number of aromatic nitrogens is 1. The zero-order valence-electron chi connectivity index (χ0n) is 22.2. The van der Waals surface area contributed by atoms with Gasteiger partial charge < -0.3 is 25.5 Å². The summed E-state index contributed by atoms with van der Waals surface area (Å²) in [5, 5.41) is 15.8. The third-order valence-electron chi connectivity index (χ3n) is 6.40. The standard InChI is InChI=1S/C27H37N3O7S/c1-16(2)13-21(30-26(36)27(38,17(3)31)12-8-7-11-23(32)37-4)24(33)29-22(25(34)35)14-18-15-28-20-10-6-5-9-19(18)20/h5-6,9-10,15-16,21-22,28,38H,7-8,11-14H2,1-4H3,(H,29,33)(H,30,36)(H,34,35)/t21?,22-,27?/m0/s1. The van der Waals surface area contributed by atoms with E-state index in [1.807, 2.05) is 38.1 Å². The van der Waals surface area contributed by atoms with E-state index < -0.39 is 46.4 Å². The monoisotopic (exact) mass is 547 g/mol. The van der Waals surface area contributed by atoms with Gasteiger partial charge in [0.05, 0.1) is 7.11 Å². The van der Waals surface area contributed by atoms with Crippen molar-refractivity contribution in [1.29, 1.82) is 0 Å². The molecule has 1 heterocycles. The van der Waals surface area contributed by atoms with E-state index in [1.165, 1.54) is 14.0 Å². The van der Waals surface area contributed by atoms with Crippen molar-refractivity contribution in [3.05, 3.63) is 36.0 Å². The first-order chi connectivity index (χ1) is 17.9. The van der Waals surface area contributed by atoms with Gasteiger partial charge in [-0.25, -0.2) is 4.79 Å². The Morgan fingerprint density at radius 2 is 1.76 bits per heavy atom. The molecule has 0 spiro atoms. The molecule has 4 N–H and O–H groups in total. The first kappa shape index (κ1) is 30.9. The van der Waals surface area contributed by atoms with E-state index in [0.717, 1.165) is 16.5 Å². The second kappa shape index (κ2) is 14.0. The number of methoxy groups -OCH3 is 1. The quantitative estimate of drug-likeness (QED) is 0.0994. The van der Waals surface area contributed by atoms with E-state index >= 15 is 0 Å². The molecule has 0 aliphatic carbocycles. The first-order valence-electron chi connectivity index (χ1n) is 12.6. The highest BCUT2D eigenvalue weighted by Gasteiger charge is 2.41. The molecule has 10 nitrogen and oxygen atoms in total. The normalized spacial score (nSPS) is 14.4. The van der Waals surface area contributed by atoms with Crippen molar-refractivity contribution in [2.75, 3.05) is 7.11 Å². The molecule has 0 saturated carbocycles. The van der Waals surface area contributed by atoms with Crippen LogP contribution in [0.25, 0.3) is 10.9 Å². The highest BCUT2D eigenvalue weighted by atomic mass is 32.1. The minimum Gasteiger partial charge on any atom is -0.480 e. The molecule has 38 heavy (non-hydrogen) atoms. The van der Waals surface area contributed by atoms with Gasteiger partial charge in [0.1, 0.15) is 16.8 Å². The Bertz CT molecular complexity index is 1160. The van der Waals surface area contributed by atoms with Gasteiger partial charge in [0, 0.05) is 29.9 Å². The molecule has 2 aromatic rings. The van der Waals surface area contributed by atoms with Gasteiger partial charge in [-0.2, -0.15) is 12.6 Å². The van der Waals surface area contributed by atoms with Gasteiger partial charge in [-0.05, 0) is 43.7 Å². The van der Waals surface area contributed by atoms with Crippen LogP contribution < -0.4 is 10.6 Å². The number of fused-ring (bicyclic) bond motifs is 1. The smallest absolute Gasteiger partial charge is 0.326 e. The number of thiol groups is 1. The molecular formula is C27H37N3O7S. The number of ether oxygens (including phenoxy) is 1. The Hall–Kier alpha value is -3.34. The summed E-state index contributed by atoms with van der Waals surface area (Å²) in [7, 11) is 1.28. The molecule has 0 radical (unpaired) electrons. The van der Waals surface area contributed by atoms with Crippen LogP contribution in [0.2, 0.25) is 0 Å². The number of carboxylic acid groups (broad SMARTS) is 1. The molecule has 0 aliphatic heterocycles. The predicted molar refractivity (Wildman–Crippen MR) is 146 cm³/mol. The number of hydrogen-bond donors (Lipinski definition) is 5. The summed E-state index contributed by atoms with van der Waals surface area (Å²) >= 11 is 4.38. The Balaban J connectivity index is 2.15. The van der Waals surface area contributed by atoms with Crippen LogP contribution in [0.5, 0.6) is 0 Å². The number of unbranched alkanes of at least 4 members (excludes halogenated alkanes) is 1. The molecule has 2 amide bonds. The van der Waals surface area contributed by atoms with Crippen molar-refractivity contribution in [2.24, 2.45) is 5.92 Å². The summed E-state index contributed by atoms with van der Waals surface area (Å²) in [5.74, 6) is -3.52. The molecule has 1 aromatic heterocycles. The number of H-pyrrole nitrogens is 1. The fourth-order valence-electron chi connectivity index (χ4n) is 4.18. The summed E-state index contributed by atoms with van der Waals surface area (Å²) in [6.07, 6.45) is 2.94. The summed E-state index contributed by atoms with van der Waals surface area (Å²) in [6.45, 7) is 4.96. The van der Waals surface area contributed by atoms with E-state index in [1.54, 1.807) is 6.20 Å². The number of amides is 2. The number of esters is 1. The summed E-state index contributed by atoms with van der Waals surface area (Å²) in [4.78, 5) is 65.3. The maximum absolute atomic E-state index is 13.2. The number of para-hydroxylation sites is 1. The van der Waals surface area contributed by atoms with Crippen LogP contribution in [-0.2, 0) is 35.1 Å². The van der Waals surface area contributed by atoms with Crippen molar-refractivity contribution in [1.82, 2.24) is 15.6 Å². The molecule has 0 bridgehead atoms. The molecule has 208 valence electrons.